The molecule has 3 rings (SSSR count). The molecule has 0 atom stereocenters. The van der Waals surface area contributed by atoms with Crippen LogP contribution in [0.2, 0.25) is 0 Å². The molecule has 1 aliphatic heterocycles. The molecule has 2 aromatic rings. The number of methoxy groups -OCH3 is 2. The Morgan fingerprint density at radius 2 is 1.72 bits per heavy atom. The summed E-state index contributed by atoms with van der Waals surface area (Å²) in [5.74, 6) is 1.20. The van der Waals surface area contributed by atoms with Gasteiger partial charge in [0.25, 0.3) is 0 Å². The van der Waals surface area contributed by atoms with Crippen molar-refractivity contribution in [1.29, 1.82) is 0 Å². The highest BCUT2D eigenvalue weighted by molar-refractivity contribution is 5.80. The van der Waals surface area contributed by atoms with Crippen LogP contribution in [-0.2, 0) is 17.4 Å². The zero-order valence-corrected chi connectivity index (χ0v) is 16.3. The molecule has 1 heterocycles. The number of anilines is 1. The molecule has 1 saturated heterocycles. The molecule has 1 amide bonds. The molecule has 0 radical (unpaired) electrons. The zero-order chi connectivity index (χ0) is 21.0. The molecule has 1 fully saturated rings. The molecule has 1 aliphatic rings. The second-order valence-electron chi connectivity index (χ2n) is 6.77. The Morgan fingerprint density at radius 1 is 1.00 bits per heavy atom. The second-order valence-corrected chi connectivity index (χ2v) is 6.77. The van der Waals surface area contributed by atoms with Gasteiger partial charge in [-0.05, 0) is 36.4 Å². The van der Waals surface area contributed by atoms with Crippen molar-refractivity contribution in [1.82, 2.24) is 4.90 Å². The normalized spacial score (nSPS) is 14.7. The van der Waals surface area contributed by atoms with Crippen LogP contribution in [0, 0.1) is 0 Å². The molecule has 0 spiro atoms. The summed E-state index contributed by atoms with van der Waals surface area (Å²) in [6.07, 6.45) is -4.20. The summed E-state index contributed by atoms with van der Waals surface area (Å²) in [6, 6.07) is 10.6. The summed E-state index contributed by atoms with van der Waals surface area (Å²) < 4.78 is 49.3. The van der Waals surface area contributed by atoms with E-state index in [4.69, 9.17) is 9.47 Å². The molecule has 0 saturated carbocycles. The monoisotopic (exact) mass is 408 g/mol. The van der Waals surface area contributed by atoms with Crippen LogP contribution in [0.1, 0.15) is 11.1 Å². The molecule has 0 aromatic heterocycles. The number of benzene rings is 2. The van der Waals surface area contributed by atoms with E-state index in [0.29, 0.717) is 43.4 Å². The van der Waals surface area contributed by atoms with Crippen molar-refractivity contribution in [2.75, 3.05) is 45.3 Å². The number of hydrogen-bond acceptors (Lipinski definition) is 4. The fraction of sp³-hybridized carbons (Fsp3) is 0.381. The topological polar surface area (TPSA) is 42.0 Å². The highest BCUT2D eigenvalue weighted by atomic mass is 19.4. The molecule has 0 unspecified atom stereocenters. The SMILES string of the molecule is COc1ccc(OC)c(CC(=O)N2CCN(c3cccc(C(F)(F)F)c3)CC2)c1. The van der Waals surface area contributed by atoms with Crippen molar-refractivity contribution in [3.05, 3.63) is 53.6 Å². The Morgan fingerprint density at radius 3 is 2.34 bits per heavy atom. The van der Waals surface area contributed by atoms with Crippen molar-refractivity contribution in [3.8, 4) is 11.5 Å². The van der Waals surface area contributed by atoms with Gasteiger partial charge < -0.3 is 19.3 Å². The molecular formula is C21H23F3N2O3. The van der Waals surface area contributed by atoms with E-state index < -0.39 is 11.7 Å². The van der Waals surface area contributed by atoms with Crippen molar-refractivity contribution >= 4 is 11.6 Å². The molecule has 2 aromatic carbocycles. The van der Waals surface area contributed by atoms with Crippen LogP contribution >= 0.6 is 0 Å². The van der Waals surface area contributed by atoms with Gasteiger partial charge in [0.2, 0.25) is 5.91 Å². The maximum Gasteiger partial charge on any atom is 0.416 e. The minimum absolute atomic E-state index is 0.0553. The first-order valence-electron chi connectivity index (χ1n) is 9.22. The van der Waals surface area contributed by atoms with Gasteiger partial charge in [0.05, 0.1) is 26.2 Å². The van der Waals surface area contributed by atoms with Crippen molar-refractivity contribution in [2.45, 2.75) is 12.6 Å². The lowest BCUT2D eigenvalue weighted by Gasteiger charge is -2.36. The Hall–Kier alpha value is -2.90. The third-order valence-corrected chi connectivity index (χ3v) is 5.00. The van der Waals surface area contributed by atoms with Gasteiger partial charge >= 0.3 is 6.18 Å². The van der Waals surface area contributed by atoms with Crippen molar-refractivity contribution in [3.63, 3.8) is 0 Å². The van der Waals surface area contributed by atoms with E-state index in [0.717, 1.165) is 17.7 Å². The van der Waals surface area contributed by atoms with E-state index in [1.165, 1.54) is 6.07 Å². The number of carbonyl (C=O) groups excluding carboxylic acids is 1. The van der Waals surface area contributed by atoms with Gasteiger partial charge in [-0.15, -0.1) is 0 Å². The first-order valence-corrected chi connectivity index (χ1v) is 9.22. The molecule has 0 bridgehead atoms. The number of nitrogens with zero attached hydrogens (tertiary/aromatic N) is 2. The Balaban J connectivity index is 1.63. The average molecular weight is 408 g/mol. The van der Waals surface area contributed by atoms with Gasteiger partial charge in [0.15, 0.2) is 0 Å². The number of halogens is 3. The maximum absolute atomic E-state index is 12.9. The molecular weight excluding hydrogens is 385 g/mol. The average Bonchev–Trinajstić information content (AvgIpc) is 2.73. The minimum atomic E-state index is -4.37. The summed E-state index contributed by atoms with van der Waals surface area (Å²) in [5.41, 5.74) is 0.581. The summed E-state index contributed by atoms with van der Waals surface area (Å²) in [6.45, 7) is 1.84. The summed E-state index contributed by atoms with van der Waals surface area (Å²) in [4.78, 5) is 16.3. The smallest absolute Gasteiger partial charge is 0.416 e. The largest absolute Gasteiger partial charge is 0.497 e. The number of hydrogen-bond donors (Lipinski definition) is 0. The van der Waals surface area contributed by atoms with E-state index in [1.807, 2.05) is 4.90 Å². The fourth-order valence-electron chi connectivity index (χ4n) is 3.39. The first kappa shape index (κ1) is 20.8. The van der Waals surface area contributed by atoms with Gasteiger partial charge in [-0.3, -0.25) is 4.79 Å². The molecule has 0 N–H and O–H groups in total. The quantitative estimate of drug-likeness (QED) is 0.758. The lowest BCUT2D eigenvalue weighted by atomic mass is 10.1. The van der Waals surface area contributed by atoms with Crippen LogP contribution in [0.4, 0.5) is 18.9 Å². The van der Waals surface area contributed by atoms with Crippen LogP contribution in [0.25, 0.3) is 0 Å². The summed E-state index contributed by atoms with van der Waals surface area (Å²) in [5, 5.41) is 0. The van der Waals surface area contributed by atoms with Gasteiger partial charge in [0.1, 0.15) is 11.5 Å². The number of rotatable bonds is 5. The standard InChI is InChI=1S/C21H23F3N2O3/c1-28-18-6-7-19(29-2)15(12-18)13-20(27)26-10-8-25(9-11-26)17-5-3-4-16(14-17)21(22,23)24/h3-7,12,14H,8-11,13H2,1-2H3. The van der Waals surface area contributed by atoms with Gasteiger partial charge in [-0.1, -0.05) is 6.07 Å². The highest BCUT2D eigenvalue weighted by Gasteiger charge is 2.31. The predicted octanol–water partition coefficient (Wildman–Crippen LogP) is 3.61. The summed E-state index contributed by atoms with van der Waals surface area (Å²) >= 11 is 0. The Bertz CT molecular complexity index is 862. The lowest BCUT2D eigenvalue weighted by molar-refractivity contribution is -0.137. The van der Waals surface area contributed by atoms with Crippen LogP contribution in [0.3, 0.4) is 0 Å². The zero-order valence-electron chi connectivity index (χ0n) is 16.3. The molecule has 29 heavy (non-hydrogen) atoms. The van der Waals surface area contributed by atoms with E-state index in [1.54, 1.807) is 43.4 Å². The third-order valence-electron chi connectivity index (χ3n) is 5.00. The van der Waals surface area contributed by atoms with Crippen molar-refractivity contribution in [2.24, 2.45) is 0 Å². The first-order chi connectivity index (χ1) is 13.8. The summed E-state index contributed by atoms with van der Waals surface area (Å²) in [7, 11) is 3.10. The Kier molecular flexibility index (Phi) is 6.20. The third kappa shape index (κ3) is 4.93. The fourth-order valence-corrected chi connectivity index (χ4v) is 3.39. The van der Waals surface area contributed by atoms with Crippen LogP contribution in [-0.4, -0.2) is 51.2 Å². The maximum atomic E-state index is 12.9. The highest BCUT2D eigenvalue weighted by Crippen LogP contribution is 2.32. The second kappa shape index (κ2) is 8.63. The van der Waals surface area contributed by atoms with E-state index in [9.17, 15) is 18.0 Å². The Labute approximate surface area is 167 Å². The number of alkyl halides is 3. The molecule has 8 heteroatoms. The number of carbonyl (C=O) groups is 1. The number of ether oxygens (including phenoxy) is 2. The van der Waals surface area contributed by atoms with Gasteiger partial charge in [0, 0.05) is 37.4 Å². The molecule has 0 aliphatic carbocycles. The number of piperazine rings is 1. The van der Waals surface area contributed by atoms with Crippen LogP contribution < -0.4 is 14.4 Å². The predicted molar refractivity (Wildman–Crippen MR) is 103 cm³/mol. The van der Waals surface area contributed by atoms with Crippen molar-refractivity contribution < 1.29 is 27.4 Å². The number of amides is 1. The van der Waals surface area contributed by atoms with E-state index >= 15 is 0 Å². The van der Waals surface area contributed by atoms with Gasteiger partial charge in [-0.2, -0.15) is 13.2 Å². The van der Waals surface area contributed by atoms with Crippen LogP contribution in [0.5, 0.6) is 11.5 Å². The molecule has 156 valence electrons. The van der Waals surface area contributed by atoms with E-state index in [-0.39, 0.29) is 12.3 Å². The van der Waals surface area contributed by atoms with E-state index in [2.05, 4.69) is 0 Å². The van der Waals surface area contributed by atoms with Crippen LogP contribution in [0.15, 0.2) is 42.5 Å². The lowest BCUT2D eigenvalue weighted by Crippen LogP contribution is -2.49. The molecule has 5 nitrogen and oxygen atoms in total. The minimum Gasteiger partial charge on any atom is -0.497 e. The van der Waals surface area contributed by atoms with Gasteiger partial charge in [-0.25, -0.2) is 0 Å².